The summed E-state index contributed by atoms with van der Waals surface area (Å²) in [5.41, 5.74) is 4.31. The summed E-state index contributed by atoms with van der Waals surface area (Å²) in [7, 11) is 0. The lowest BCUT2D eigenvalue weighted by Gasteiger charge is -2.24. The highest BCUT2D eigenvalue weighted by Crippen LogP contribution is 2.32. The van der Waals surface area contributed by atoms with Crippen molar-refractivity contribution in [2.24, 2.45) is 4.99 Å². The van der Waals surface area contributed by atoms with E-state index in [1.807, 2.05) is 79.9 Å². The molecule has 1 atom stereocenters. The van der Waals surface area contributed by atoms with E-state index in [0.29, 0.717) is 49.6 Å². The number of rotatable bonds is 8. The van der Waals surface area contributed by atoms with Crippen LogP contribution in [0.2, 0.25) is 10.0 Å². The molecule has 0 bridgehead atoms. The standard InChI is InChI=1S/C34H29Cl2N3O4S/c1-4-42-24-13-11-22(12-14-24)31-30(33(41)43-5-2)20(3)37-34-39(31)32(40)29(44-34)17-23-19-38(28-9-7-6-8-25(23)28)18-21-10-15-26(35)27(36)16-21/h6-17,19,31H,4-5,18H2,1-3H3/b29-17-/t31-/m0/s1. The molecule has 3 aromatic carbocycles. The Kier molecular flexibility index (Phi) is 8.49. The zero-order valence-corrected chi connectivity index (χ0v) is 26.7. The fourth-order valence-corrected chi connectivity index (χ4v) is 6.88. The van der Waals surface area contributed by atoms with E-state index in [9.17, 15) is 9.59 Å². The summed E-state index contributed by atoms with van der Waals surface area (Å²) >= 11 is 13.7. The maximum absolute atomic E-state index is 14.2. The van der Waals surface area contributed by atoms with Gasteiger partial charge in [0.1, 0.15) is 5.75 Å². The molecule has 1 aliphatic rings. The quantitative estimate of drug-likeness (QED) is 0.180. The Hall–Kier alpha value is -4.11. The number of hydrogen-bond donors (Lipinski definition) is 0. The Morgan fingerprint density at radius 1 is 1.02 bits per heavy atom. The van der Waals surface area contributed by atoms with Crippen LogP contribution >= 0.6 is 34.5 Å². The molecule has 0 saturated heterocycles. The minimum atomic E-state index is -0.695. The van der Waals surface area contributed by atoms with Crippen molar-refractivity contribution in [3.63, 3.8) is 0 Å². The van der Waals surface area contributed by atoms with Crippen molar-refractivity contribution in [1.82, 2.24) is 9.13 Å². The molecule has 2 aromatic heterocycles. The van der Waals surface area contributed by atoms with Crippen LogP contribution in [0.3, 0.4) is 0 Å². The molecule has 0 fully saturated rings. The van der Waals surface area contributed by atoms with Crippen molar-refractivity contribution in [1.29, 1.82) is 0 Å². The van der Waals surface area contributed by atoms with Crippen LogP contribution in [0.15, 0.2) is 94.0 Å². The lowest BCUT2D eigenvalue weighted by Crippen LogP contribution is -2.39. The average molecular weight is 647 g/mol. The van der Waals surface area contributed by atoms with E-state index in [-0.39, 0.29) is 12.2 Å². The molecule has 0 unspecified atom stereocenters. The topological polar surface area (TPSA) is 74.8 Å². The fraction of sp³-hybridized carbons (Fsp3) is 0.206. The highest BCUT2D eigenvalue weighted by atomic mass is 35.5. The Morgan fingerprint density at radius 2 is 1.80 bits per heavy atom. The first-order chi connectivity index (χ1) is 21.3. The summed E-state index contributed by atoms with van der Waals surface area (Å²) in [5.74, 6) is 0.214. The maximum atomic E-state index is 14.2. The smallest absolute Gasteiger partial charge is 0.338 e. The SMILES string of the molecule is CCOC(=O)C1=C(C)N=c2s/c(=C\c3cn(Cc4ccc(Cl)c(Cl)c4)c4ccccc34)c(=O)n2[C@H]1c1ccc(OCC)cc1. The summed E-state index contributed by atoms with van der Waals surface area (Å²) in [6.07, 6.45) is 3.93. The predicted octanol–water partition coefficient (Wildman–Crippen LogP) is 6.51. The molecule has 1 aliphatic heterocycles. The van der Waals surface area contributed by atoms with E-state index in [4.69, 9.17) is 37.7 Å². The molecule has 6 rings (SSSR count). The monoisotopic (exact) mass is 645 g/mol. The van der Waals surface area contributed by atoms with Gasteiger partial charge in [0, 0.05) is 29.2 Å². The zero-order chi connectivity index (χ0) is 31.0. The third-order valence-corrected chi connectivity index (χ3v) is 9.19. The molecule has 7 nitrogen and oxygen atoms in total. The minimum Gasteiger partial charge on any atom is -0.494 e. The maximum Gasteiger partial charge on any atom is 0.338 e. The summed E-state index contributed by atoms with van der Waals surface area (Å²) in [6.45, 7) is 6.77. The number of fused-ring (bicyclic) bond motifs is 2. The van der Waals surface area contributed by atoms with E-state index in [2.05, 4.69) is 4.57 Å². The number of aromatic nitrogens is 2. The van der Waals surface area contributed by atoms with Crippen LogP contribution in [0.25, 0.3) is 17.0 Å². The van der Waals surface area contributed by atoms with Gasteiger partial charge in [-0.05, 0) is 68.3 Å². The second-order valence-electron chi connectivity index (χ2n) is 10.3. The van der Waals surface area contributed by atoms with Crippen LogP contribution in [0.4, 0.5) is 0 Å². The molecular formula is C34H29Cl2N3O4S. The number of allylic oxidation sites excluding steroid dienone is 1. The van der Waals surface area contributed by atoms with Gasteiger partial charge in [0.05, 0.1) is 45.1 Å². The van der Waals surface area contributed by atoms with Crippen LogP contribution in [-0.4, -0.2) is 28.3 Å². The number of hydrogen-bond acceptors (Lipinski definition) is 6. The molecule has 0 amide bonds. The number of halogens is 2. The van der Waals surface area contributed by atoms with Gasteiger partial charge in [-0.15, -0.1) is 0 Å². The number of esters is 1. The predicted molar refractivity (Wildman–Crippen MR) is 176 cm³/mol. The Morgan fingerprint density at radius 3 is 2.52 bits per heavy atom. The molecule has 0 spiro atoms. The molecule has 0 radical (unpaired) electrons. The normalized spacial score (nSPS) is 14.9. The van der Waals surface area contributed by atoms with E-state index in [1.54, 1.807) is 24.5 Å². The zero-order valence-electron chi connectivity index (χ0n) is 24.3. The molecule has 0 aliphatic carbocycles. The van der Waals surface area contributed by atoms with Gasteiger partial charge in [0.2, 0.25) is 0 Å². The van der Waals surface area contributed by atoms with Crippen LogP contribution in [-0.2, 0) is 16.1 Å². The van der Waals surface area contributed by atoms with Gasteiger partial charge in [-0.1, -0.05) is 70.9 Å². The summed E-state index contributed by atoms with van der Waals surface area (Å²) in [4.78, 5) is 32.6. The van der Waals surface area contributed by atoms with Gasteiger partial charge in [-0.2, -0.15) is 0 Å². The van der Waals surface area contributed by atoms with Gasteiger partial charge in [-0.25, -0.2) is 9.79 Å². The minimum absolute atomic E-state index is 0.211. The molecule has 3 heterocycles. The first kappa shape index (κ1) is 29.9. The number of nitrogens with zero attached hydrogens (tertiary/aromatic N) is 3. The van der Waals surface area contributed by atoms with Crippen LogP contribution in [0.5, 0.6) is 5.75 Å². The van der Waals surface area contributed by atoms with Crippen molar-refractivity contribution in [3.8, 4) is 5.75 Å². The third-order valence-electron chi connectivity index (χ3n) is 7.47. The summed E-state index contributed by atoms with van der Waals surface area (Å²) in [5, 5.41) is 2.01. The Bertz CT molecular complexity index is 2110. The van der Waals surface area contributed by atoms with E-state index in [1.165, 1.54) is 11.3 Å². The Labute approximate surface area is 267 Å². The number of thiazole rings is 1. The molecule has 5 aromatic rings. The molecular weight excluding hydrogens is 617 g/mol. The average Bonchev–Trinajstić information content (AvgIpc) is 3.51. The molecule has 0 saturated carbocycles. The molecule has 224 valence electrons. The van der Waals surface area contributed by atoms with E-state index >= 15 is 0 Å². The van der Waals surface area contributed by atoms with Gasteiger partial charge in [0.15, 0.2) is 4.80 Å². The second-order valence-corrected chi connectivity index (χ2v) is 12.1. The number of carbonyl (C=O) groups is 1. The molecule has 44 heavy (non-hydrogen) atoms. The first-order valence-electron chi connectivity index (χ1n) is 14.2. The highest BCUT2D eigenvalue weighted by molar-refractivity contribution is 7.07. The number of carbonyl (C=O) groups excluding carboxylic acids is 1. The first-order valence-corrected chi connectivity index (χ1v) is 15.8. The fourth-order valence-electron chi connectivity index (χ4n) is 5.52. The van der Waals surface area contributed by atoms with Crippen LogP contribution in [0.1, 0.15) is 43.5 Å². The number of ether oxygens (including phenoxy) is 2. The lowest BCUT2D eigenvalue weighted by atomic mass is 9.96. The summed E-state index contributed by atoms with van der Waals surface area (Å²) in [6, 6.07) is 20.4. The number of benzene rings is 3. The third kappa shape index (κ3) is 5.61. The molecule has 10 heteroatoms. The highest BCUT2D eigenvalue weighted by Gasteiger charge is 2.33. The van der Waals surface area contributed by atoms with Gasteiger partial charge in [-0.3, -0.25) is 9.36 Å². The Balaban J connectivity index is 1.49. The van der Waals surface area contributed by atoms with Gasteiger partial charge < -0.3 is 14.0 Å². The number of para-hydroxylation sites is 1. The van der Waals surface area contributed by atoms with E-state index < -0.39 is 12.0 Å². The van der Waals surface area contributed by atoms with Crippen molar-refractivity contribution in [2.45, 2.75) is 33.4 Å². The van der Waals surface area contributed by atoms with E-state index in [0.717, 1.165) is 27.6 Å². The summed E-state index contributed by atoms with van der Waals surface area (Å²) < 4.78 is 15.3. The largest absolute Gasteiger partial charge is 0.494 e. The van der Waals surface area contributed by atoms with Gasteiger partial charge >= 0.3 is 5.97 Å². The van der Waals surface area contributed by atoms with Gasteiger partial charge in [0.25, 0.3) is 5.56 Å². The molecule has 0 N–H and O–H groups in total. The van der Waals surface area contributed by atoms with Crippen LogP contribution in [0, 0.1) is 0 Å². The van der Waals surface area contributed by atoms with Crippen LogP contribution < -0.4 is 19.6 Å². The van der Waals surface area contributed by atoms with Crippen molar-refractivity contribution in [2.75, 3.05) is 13.2 Å². The second kappa shape index (κ2) is 12.5. The van der Waals surface area contributed by atoms with Crippen molar-refractivity contribution < 1.29 is 14.3 Å². The van der Waals surface area contributed by atoms with Crippen molar-refractivity contribution in [3.05, 3.63) is 131 Å². The van der Waals surface area contributed by atoms with Crippen molar-refractivity contribution >= 4 is 57.5 Å². The lowest BCUT2D eigenvalue weighted by molar-refractivity contribution is -0.139.